The number of carbonyl (C=O) groups is 1. The molecular weight excluding hydrogens is 182 g/mol. The van der Waals surface area contributed by atoms with Crippen molar-refractivity contribution >= 4 is 11.7 Å². The molecule has 0 bridgehead atoms. The first kappa shape index (κ1) is 9.99. The van der Waals surface area contributed by atoms with Gasteiger partial charge in [0.1, 0.15) is 11.8 Å². The maximum Gasteiger partial charge on any atom is 0.340 e. The second-order valence-corrected chi connectivity index (χ2v) is 2.49. The van der Waals surface area contributed by atoms with Crippen molar-refractivity contribution < 1.29 is 9.53 Å². The fourth-order valence-electron chi connectivity index (χ4n) is 0.913. The van der Waals surface area contributed by atoms with Crippen molar-refractivity contribution in [1.29, 1.82) is 5.26 Å². The number of hydrogen-bond donors (Lipinski definition) is 1. The van der Waals surface area contributed by atoms with E-state index in [4.69, 9.17) is 15.7 Å². The second kappa shape index (κ2) is 4.23. The molecule has 72 valence electrons. The highest BCUT2D eigenvalue weighted by molar-refractivity contribution is 5.95. The molecule has 0 aromatic carbocycles. The van der Waals surface area contributed by atoms with Crippen LogP contribution in [0.4, 0.5) is 5.69 Å². The molecule has 0 spiro atoms. The SMILES string of the molecule is CCOC(=O)c1cc(C#N)ncc1N. The minimum absolute atomic E-state index is 0.141. The highest BCUT2D eigenvalue weighted by Gasteiger charge is 2.11. The summed E-state index contributed by atoms with van der Waals surface area (Å²) in [6.07, 6.45) is 1.27. The van der Waals surface area contributed by atoms with Crippen molar-refractivity contribution in [1.82, 2.24) is 4.98 Å². The molecule has 1 heterocycles. The third-order valence-corrected chi connectivity index (χ3v) is 1.54. The highest BCUT2D eigenvalue weighted by Crippen LogP contribution is 2.12. The number of rotatable bonds is 2. The molecule has 0 saturated carbocycles. The Hall–Kier alpha value is -2.09. The van der Waals surface area contributed by atoms with Crippen LogP contribution in [-0.2, 0) is 4.74 Å². The number of nitrogens with zero attached hydrogens (tertiary/aromatic N) is 2. The van der Waals surface area contributed by atoms with Gasteiger partial charge in [0, 0.05) is 0 Å². The van der Waals surface area contributed by atoms with E-state index in [1.807, 2.05) is 6.07 Å². The fourth-order valence-corrected chi connectivity index (χ4v) is 0.913. The molecular formula is C9H9N3O2. The third kappa shape index (κ3) is 1.98. The molecule has 0 radical (unpaired) electrons. The van der Waals surface area contributed by atoms with E-state index in [0.29, 0.717) is 0 Å². The van der Waals surface area contributed by atoms with Crippen molar-refractivity contribution in [2.45, 2.75) is 6.92 Å². The number of aromatic nitrogens is 1. The topological polar surface area (TPSA) is 89.0 Å². The summed E-state index contributed by atoms with van der Waals surface area (Å²) in [6.45, 7) is 1.96. The molecule has 0 unspecified atom stereocenters. The summed E-state index contributed by atoms with van der Waals surface area (Å²) in [5, 5.41) is 8.56. The summed E-state index contributed by atoms with van der Waals surface area (Å²) >= 11 is 0. The van der Waals surface area contributed by atoms with Crippen LogP contribution < -0.4 is 5.73 Å². The van der Waals surface area contributed by atoms with Gasteiger partial charge in [0.2, 0.25) is 0 Å². The summed E-state index contributed by atoms with van der Waals surface area (Å²) in [5.41, 5.74) is 6.03. The summed E-state index contributed by atoms with van der Waals surface area (Å²) < 4.78 is 4.75. The van der Waals surface area contributed by atoms with Gasteiger partial charge in [-0.2, -0.15) is 5.26 Å². The maximum absolute atomic E-state index is 11.3. The highest BCUT2D eigenvalue weighted by atomic mass is 16.5. The molecule has 1 aromatic heterocycles. The largest absolute Gasteiger partial charge is 0.462 e. The van der Waals surface area contributed by atoms with Gasteiger partial charge in [-0.3, -0.25) is 0 Å². The van der Waals surface area contributed by atoms with Crippen molar-refractivity contribution in [3.05, 3.63) is 23.5 Å². The Bertz CT molecular complexity index is 396. The number of anilines is 1. The van der Waals surface area contributed by atoms with E-state index in [2.05, 4.69) is 4.98 Å². The first-order chi connectivity index (χ1) is 6.69. The molecule has 1 rings (SSSR count). The van der Waals surface area contributed by atoms with Crippen molar-refractivity contribution in [3.63, 3.8) is 0 Å². The molecule has 0 fully saturated rings. The smallest absolute Gasteiger partial charge is 0.340 e. The lowest BCUT2D eigenvalue weighted by atomic mass is 10.2. The van der Waals surface area contributed by atoms with E-state index >= 15 is 0 Å². The third-order valence-electron chi connectivity index (χ3n) is 1.54. The minimum atomic E-state index is -0.538. The van der Waals surface area contributed by atoms with Gasteiger partial charge in [-0.1, -0.05) is 0 Å². The van der Waals surface area contributed by atoms with Gasteiger partial charge in [-0.25, -0.2) is 9.78 Å². The molecule has 0 atom stereocenters. The number of carbonyl (C=O) groups excluding carboxylic acids is 1. The van der Waals surface area contributed by atoms with Crippen LogP contribution in [0.3, 0.4) is 0 Å². The Kier molecular flexibility index (Phi) is 3.02. The average Bonchev–Trinajstić information content (AvgIpc) is 2.19. The number of pyridine rings is 1. The van der Waals surface area contributed by atoms with Crippen molar-refractivity contribution in [2.75, 3.05) is 12.3 Å². The van der Waals surface area contributed by atoms with Gasteiger partial charge in [-0.05, 0) is 13.0 Å². The zero-order valence-electron chi connectivity index (χ0n) is 7.65. The lowest BCUT2D eigenvalue weighted by Gasteiger charge is -2.04. The Morgan fingerprint density at radius 1 is 1.79 bits per heavy atom. The predicted octanol–water partition coefficient (Wildman–Crippen LogP) is 0.712. The standard InChI is InChI=1S/C9H9N3O2/c1-2-14-9(13)7-3-6(4-10)12-5-8(7)11/h3,5H,2,11H2,1H3. The van der Waals surface area contributed by atoms with Crippen molar-refractivity contribution in [3.8, 4) is 6.07 Å². The lowest BCUT2D eigenvalue weighted by Crippen LogP contribution is -2.09. The zero-order chi connectivity index (χ0) is 10.6. The van der Waals surface area contributed by atoms with Gasteiger partial charge in [-0.15, -0.1) is 0 Å². The number of ether oxygens (including phenoxy) is 1. The van der Waals surface area contributed by atoms with Gasteiger partial charge in [0.05, 0.1) is 24.1 Å². The quantitative estimate of drug-likeness (QED) is 0.695. The van der Waals surface area contributed by atoms with E-state index < -0.39 is 5.97 Å². The maximum atomic E-state index is 11.3. The number of nitrogens with two attached hydrogens (primary N) is 1. The number of nitrogen functional groups attached to an aromatic ring is 1. The Morgan fingerprint density at radius 2 is 2.50 bits per heavy atom. The van der Waals surface area contributed by atoms with Gasteiger partial charge in [0.25, 0.3) is 0 Å². The van der Waals surface area contributed by atoms with Gasteiger partial charge in [0.15, 0.2) is 0 Å². The van der Waals surface area contributed by atoms with Crippen LogP contribution in [-0.4, -0.2) is 17.6 Å². The van der Waals surface area contributed by atoms with E-state index in [-0.39, 0.29) is 23.6 Å². The lowest BCUT2D eigenvalue weighted by molar-refractivity contribution is 0.0527. The predicted molar refractivity (Wildman–Crippen MR) is 49.3 cm³/mol. The molecule has 0 saturated heterocycles. The molecule has 0 aliphatic rings. The Labute approximate surface area is 81.1 Å². The molecule has 5 nitrogen and oxygen atoms in total. The Balaban J connectivity index is 3.07. The average molecular weight is 191 g/mol. The van der Waals surface area contributed by atoms with Crippen LogP contribution >= 0.6 is 0 Å². The van der Waals surface area contributed by atoms with Crippen LogP contribution in [0, 0.1) is 11.3 Å². The molecule has 5 heteroatoms. The zero-order valence-corrected chi connectivity index (χ0v) is 7.65. The van der Waals surface area contributed by atoms with E-state index in [1.54, 1.807) is 6.92 Å². The molecule has 0 amide bonds. The minimum Gasteiger partial charge on any atom is -0.462 e. The van der Waals surface area contributed by atoms with Crippen LogP contribution in [0.2, 0.25) is 0 Å². The fraction of sp³-hybridized carbons (Fsp3) is 0.222. The molecule has 1 aromatic rings. The molecule has 2 N–H and O–H groups in total. The molecule has 14 heavy (non-hydrogen) atoms. The van der Waals surface area contributed by atoms with Gasteiger partial charge < -0.3 is 10.5 Å². The normalized spacial score (nSPS) is 9.14. The Morgan fingerprint density at radius 3 is 3.07 bits per heavy atom. The molecule has 0 aliphatic carbocycles. The van der Waals surface area contributed by atoms with Crippen molar-refractivity contribution in [2.24, 2.45) is 0 Å². The summed E-state index contributed by atoms with van der Waals surface area (Å²) in [5.74, 6) is -0.538. The number of esters is 1. The van der Waals surface area contributed by atoms with Gasteiger partial charge >= 0.3 is 5.97 Å². The second-order valence-electron chi connectivity index (χ2n) is 2.49. The van der Waals surface area contributed by atoms with E-state index in [0.717, 1.165) is 0 Å². The first-order valence-electron chi connectivity index (χ1n) is 4.01. The monoisotopic (exact) mass is 191 g/mol. The van der Waals surface area contributed by atoms with E-state index in [9.17, 15) is 4.79 Å². The first-order valence-corrected chi connectivity index (χ1v) is 4.01. The van der Waals surface area contributed by atoms with E-state index in [1.165, 1.54) is 12.3 Å². The summed E-state index contributed by atoms with van der Waals surface area (Å²) in [6, 6.07) is 3.13. The summed E-state index contributed by atoms with van der Waals surface area (Å²) in [7, 11) is 0. The number of hydrogen-bond acceptors (Lipinski definition) is 5. The summed E-state index contributed by atoms with van der Waals surface area (Å²) in [4.78, 5) is 15.0. The van der Waals surface area contributed by atoms with Crippen LogP contribution in [0.15, 0.2) is 12.3 Å². The van der Waals surface area contributed by atoms with Crippen LogP contribution in [0.1, 0.15) is 23.0 Å². The molecule has 0 aliphatic heterocycles. The van der Waals surface area contributed by atoms with Crippen LogP contribution in [0.25, 0.3) is 0 Å². The van der Waals surface area contributed by atoms with Crippen LogP contribution in [0.5, 0.6) is 0 Å². The number of nitriles is 1.